The molecule has 0 atom stereocenters. The van der Waals surface area contributed by atoms with Crippen LogP contribution in [0.1, 0.15) is 33.5 Å². The van der Waals surface area contributed by atoms with Gasteiger partial charge >= 0.3 is 5.69 Å². The molecule has 3 heterocycles. The maximum atomic E-state index is 13.1. The topological polar surface area (TPSA) is 118 Å². The molecule has 0 saturated carbocycles. The molecule has 0 radical (unpaired) electrons. The smallest absolute Gasteiger partial charge is 0.332 e. The first-order valence-corrected chi connectivity index (χ1v) is 12.5. The Labute approximate surface area is 203 Å². The zero-order valence-corrected chi connectivity index (χ0v) is 20.4. The molecule has 3 aromatic heterocycles. The van der Waals surface area contributed by atoms with Gasteiger partial charge in [-0.15, -0.1) is 21.5 Å². The van der Waals surface area contributed by atoms with Gasteiger partial charge in [-0.1, -0.05) is 48.2 Å². The van der Waals surface area contributed by atoms with Gasteiger partial charge in [-0.2, -0.15) is 0 Å². The summed E-state index contributed by atoms with van der Waals surface area (Å²) in [5, 5.41) is 11.0. The van der Waals surface area contributed by atoms with Gasteiger partial charge in [0.15, 0.2) is 10.9 Å². The number of nitrogen functional groups attached to an aromatic ring is 1. The number of aromatic nitrogens is 5. The average molecular weight is 497 g/mol. The van der Waals surface area contributed by atoms with Crippen LogP contribution in [-0.4, -0.2) is 35.4 Å². The monoisotopic (exact) mass is 496 g/mol. The summed E-state index contributed by atoms with van der Waals surface area (Å²) in [7, 11) is 1.84. The number of hydrogen-bond acceptors (Lipinski definition) is 8. The Morgan fingerprint density at radius 3 is 2.53 bits per heavy atom. The number of carbonyl (C=O) groups excluding carboxylic acids is 1. The van der Waals surface area contributed by atoms with Gasteiger partial charge in [0.25, 0.3) is 5.56 Å². The number of nitrogens with zero attached hydrogens (tertiary/aromatic N) is 5. The van der Waals surface area contributed by atoms with E-state index in [0.717, 1.165) is 20.8 Å². The number of thioether (sulfide) groups is 1. The Balaban J connectivity index is 1.59. The van der Waals surface area contributed by atoms with Crippen molar-refractivity contribution >= 4 is 34.7 Å². The van der Waals surface area contributed by atoms with Crippen LogP contribution in [0.5, 0.6) is 0 Å². The maximum absolute atomic E-state index is 13.1. The molecule has 2 N–H and O–H groups in total. The number of hydrogen-bond donors (Lipinski definition) is 1. The molecule has 1 aromatic carbocycles. The molecular weight excluding hydrogens is 472 g/mol. The third kappa shape index (κ3) is 4.75. The molecule has 9 nitrogen and oxygen atoms in total. The van der Waals surface area contributed by atoms with Crippen LogP contribution >= 0.6 is 23.1 Å². The van der Waals surface area contributed by atoms with Crippen molar-refractivity contribution in [3.63, 3.8) is 0 Å². The van der Waals surface area contributed by atoms with E-state index < -0.39 is 17.0 Å². The van der Waals surface area contributed by atoms with Gasteiger partial charge in [0.1, 0.15) is 17.2 Å². The quantitative estimate of drug-likeness (QED) is 0.279. The molecule has 176 valence electrons. The number of nitrogens with two attached hydrogens (primary N) is 1. The Hall–Kier alpha value is -3.44. The van der Waals surface area contributed by atoms with Crippen LogP contribution in [0.3, 0.4) is 0 Å². The number of Topliss-reactive ketones (excluding diaryl/α,β-unsaturated/α-hetero) is 1. The van der Waals surface area contributed by atoms with Gasteiger partial charge in [-0.05, 0) is 23.9 Å². The number of ketones is 1. The van der Waals surface area contributed by atoms with Crippen LogP contribution in [0.25, 0.3) is 0 Å². The van der Waals surface area contributed by atoms with Crippen molar-refractivity contribution in [2.45, 2.75) is 31.6 Å². The third-order valence-corrected chi connectivity index (χ3v) is 7.31. The minimum Gasteiger partial charge on any atom is -0.384 e. The Kier molecular flexibility index (Phi) is 7.13. The lowest BCUT2D eigenvalue weighted by Gasteiger charge is -2.15. The molecule has 0 saturated heterocycles. The van der Waals surface area contributed by atoms with E-state index in [-0.39, 0.29) is 30.2 Å². The van der Waals surface area contributed by atoms with Crippen LogP contribution in [0.4, 0.5) is 5.82 Å². The summed E-state index contributed by atoms with van der Waals surface area (Å²) in [6, 6.07) is 13.3. The number of thiophene rings is 1. The van der Waals surface area contributed by atoms with E-state index in [1.807, 2.05) is 59.5 Å². The van der Waals surface area contributed by atoms with Crippen LogP contribution in [0.15, 0.2) is 62.6 Å². The summed E-state index contributed by atoms with van der Waals surface area (Å²) in [6.45, 7) is 1.98. The fourth-order valence-electron chi connectivity index (χ4n) is 3.57. The zero-order chi connectivity index (χ0) is 24.2. The predicted octanol–water partition coefficient (Wildman–Crippen LogP) is 2.42. The molecule has 0 amide bonds. The molecule has 11 heteroatoms. The van der Waals surface area contributed by atoms with Crippen molar-refractivity contribution < 1.29 is 4.79 Å². The molecule has 0 aliphatic carbocycles. The van der Waals surface area contributed by atoms with E-state index >= 15 is 0 Å². The average Bonchev–Trinajstić information content (AvgIpc) is 3.47. The summed E-state index contributed by atoms with van der Waals surface area (Å²) in [6.07, 6.45) is 0.647. The fourth-order valence-corrected chi connectivity index (χ4v) is 5.07. The highest BCUT2D eigenvalue weighted by molar-refractivity contribution is 7.99. The van der Waals surface area contributed by atoms with Crippen LogP contribution in [-0.2, 0) is 26.6 Å². The maximum Gasteiger partial charge on any atom is 0.332 e. The van der Waals surface area contributed by atoms with Gasteiger partial charge in [0.05, 0.1) is 12.3 Å². The third-order valence-electron chi connectivity index (χ3n) is 5.42. The van der Waals surface area contributed by atoms with Crippen LogP contribution in [0.2, 0.25) is 0 Å². The van der Waals surface area contributed by atoms with E-state index in [1.165, 1.54) is 16.3 Å². The van der Waals surface area contributed by atoms with Crippen molar-refractivity contribution in [2.24, 2.45) is 7.05 Å². The van der Waals surface area contributed by atoms with E-state index in [4.69, 9.17) is 5.73 Å². The van der Waals surface area contributed by atoms with E-state index in [1.54, 1.807) is 18.3 Å². The molecular formula is C23H24N6O3S2. The largest absolute Gasteiger partial charge is 0.384 e. The zero-order valence-electron chi connectivity index (χ0n) is 18.8. The van der Waals surface area contributed by atoms with Crippen LogP contribution < -0.4 is 17.0 Å². The Morgan fingerprint density at radius 1 is 1.09 bits per heavy atom. The highest BCUT2D eigenvalue weighted by Crippen LogP contribution is 2.21. The van der Waals surface area contributed by atoms with Gasteiger partial charge in [0.2, 0.25) is 0 Å². The highest BCUT2D eigenvalue weighted by atomic mass is 32.2. The normalized spacial score (nSPS) is 11.1. The molecule has 0 aliphatic rings. The lowest BCUT2D eigenvalue weighted by molar-refractivity contribution is 0.102. The molecule has 0 spiro atoms. The van der Waals surface area contributed by atoms with E-state index in [2.05, 4.69) is 10.2 Å². The summed E-state index contributed by atoms with van der Waals surface area (Å²) < 4.78 is 4.15. The highest BCUT2D eigenvalue weighted by Gasteiger charge is 2.23. The number of rotatable bonds is 9. The summed E-state index contributed by atoms with van der Waals surface area (Å²) in [5.41, 5.74) is 5.68. The molecule has 4 aromatic rings. The first-order valence-electron chi connectivity index (χ1n) is 10.6. The van der Waals surface area contributed by atoms with Crippen molar-refractivity contribution in [3.05, 3.63) is 90.5 Å². The number of carbonyl (C=O) groups is 1. The minimum absolute atomic E-state index is 0.0579. The van der Waals surface area contributed by atoms with Gasteiger partial charge in [-0.3, -0.25) is 18.7 Å². The predicted molar refractivity (Wildman–Crippen MR) is 134 cm³/mol. The molecule has 0 unspecified atom stereocenters. The second-order valence-corrected chi connectivity index (χ2v) is 9.56. The number of benzene rings is 1. The number of anilines is 1. The standard InChI is InChI=1S/C23H24N6O3S2/c1-3-28-21(31)19(20(24)29(23(28)32)13-15-8-5-4-6-9-15)17(30)14-34-22-26-25-18(27(22)2)12-16-10-7-11-33-16/h4-11H,3,12-14,24H2,1-2H3. The van der Waals surface area contributed by atoms with Crippen molar-refractivity contribution in [3.8, 4) is 0 Å². The van der Waals surface area contributed by atoms with Crippen molar-refractivity contribution in [1.82, 2.24) is 23.9 Å². The summed E-state index contributed by atoms with van der Waals surface area (Å²) in [4.78, 5) is 40.1. The SMILES string of the molecule is CCn1c(=O)c(C(=O)CSc2nnc(Cc3cccs3)n2C)c(N)n(Cc2ccccc2)c1=O. The van der Waals surface area contributed by atoms with E-state index in [0.29, 0.717) is 11.6 Å². The fraction of sp³-hybridized carbons (Fsp3) is 0.261. The second kappa shape index (κ2) is 10.2. The molecule has 34 heavy (non-hydrogen) atoms. The molecule has 0 aliphatic heterocycles. The second-order valence-electron chi connectivity index (χ2n) is 7.59. The lowest BCUT2D eigenvalue weighted by atomic mass is 10.2. The Bertz CT molecular complexity index is 1420. The minimum atomic E-state index is -0.670. The van der Waals surface area contributed by atoms with Gasteiger partial charge in [0, 0.05) is 24.9 Å². The van der Waals surface area contributed by atoms with Crippen LogP contribution in [0, 0.1) is 0 Å². The summed E-state index contributed by atoms with van der Waals surface area (Å²) >= 11 is 2.82. The molecule has 0 fully saturated rings. The molecule has 4 rings (SSSR count). The van der Waals surface area contributed by atoms with Gasteiger partial charge in [-0.25, -0.2) is 4.79 Å². The Morgan fingerprint density at radius 2 is 1.85 bits per heavy atom. The van der Waals surface area contributed by atoms with E-state index in [9.17, 15) is 14.4 Å². The first kappa shape index (κ1) is 23.7. The summed E-state index contributed by atoms with van der Waals surface area (Å²) in [5.74, 6) is 0.143. The lowest BCUT2D eigenvalue weighted by Crippen LogP contribution is -2.44. The first-order chi connectivity index (χ1) is 16.4. The molecule has 0 bridgehead atoms. The van der Waals surface area contributed by atoms with Crippen molar-refractivity contribution in [1.29, 1.82) is 0 Å². The van der Waals surface area contributed by atoms with Crippen molar-refractivity contribution in [2.75, 3.05) is 11.5 Å². The van der Waals surface area contributed by atoms with Gasteiger partial charge < -0.3 is 10.3 Å².